The van der Waals surface area contributed by atoms with E-state index in [1.54, 1.807) is 12.1 Å². The molecule has 7 nitrogen and oxygen atoms in total. The van der Waals surface area contributed by atoms with Gasteiger partial charge in [-0.3, -0.25) is 4.79 Å². The molecule has 0 spiro atoms. The number of nitrogens with zero attached hydrogens (tertiary/aromatic N) is 6. The number of hydrogen-bond donors (Lipinski definition) is 0. The topological polar surface area (TPSA) is 116 Å². The van der Waals surface area contributed by atoms with Crippen molar-refractivity contribution in [1.29, 1.82) is 10.5 Å². The van der Waals surface area contributed by atoms with Crippen molar-refractivity contribution < 1.29 is 4.79 Å². The molecule has 0 N–H and O–H groups in total. The van der Waals surface area contributed by atoms with E-state index in [-0.39, 0.29) is 5.78 Å². The zero-order valence-electron chi connectivity index (χ0n) is 12.0. The van der Waals surface area contributed by atoms with Gasteiger partial charge in [-0.25, -0.2) is 19.9 Å². The van der Waals surface area contributed by atoms with Gasteiger partial charge in [-0.1, -0.05) is 0 Å². The highest BCUT2D eigenvalue weighted by atomic mass is 32.2. The summed E-state index contributed by atoms with van der Waals surface area (Å²) in [6.45, 7) is 0. The molecule has 0 aliphatic heterocycles. The van der Waals surface area contributed by atoms with Gasteiger partial charge < -0.3 is 0 Å². The standard InChI is InChI=1S/C15H8N6OS2/c16-8-23-14-5-6-18-13(21-14)4-3-12(22)2-1-11-7-15(24-9-17)20-10-19-11/h1-7,10H. The van der Waals surface area contributed by atoms with Crippen molar-refractivity contribution in [3.63, 3.8) is 0 Å². The van der Waals surface area contributed by atoms with Crippen LogP contribution in [0.5, 0.6) is 0 Å². The van der Waals surface area contributed by atoms with Gasteiger partial charge in [0.05, 0.1) is 5.69 Å². The number of ketones is 1. The molecule has 0 aliphatic carbocycles. The maximum atomic E-state index is 11.8. The summed E-state index contributed by atoms with van der Waals surface area (Å²) in [5, 5.41) is 22.1. The summed E-state index contributed by atoms with van der Waals surface area (Å²) in [6.07, 6.45) is 8.49. The second kappa shape index (κ2) is 9.20. The Labute approximate surface area is 146 Å². The molecule has 0 saturated heterocycles. The molecule has 0 unspecified atom stereocenters. The summed E-state index contributed by atoms with van der Waals surface area (Å²) in [4.78, 5) is 27.8. The van der Waals surface area contributed by atoms with Gasteiger partial charge in [0.15, 0.2) is 11.6 Å². The van der Waals surface area contributed by atoms with Gasteiger partial charge in [0.2, 0.25) is 0 Å². The molecule has 0 amide bonds. The number of hydrogen-bond acceptors (Lipinski definition) is 9. The Hall–Kier alpha value is -3.01. The van der Waals surface area contributed by atoms with E-state index in [0.717, 1.165) is 23.5 Å². The maximum absolute atomic E-state index is 11.8. The summed E-state index contributed by atoms with van der Waals surface area (Å²) >= 11 is 1.84. The minimum Gasteiger partial charge on any atom is -0.290 e. The Morgan fingerprint density at radius 3 is 2.58 bits per heavy atom. The molecule has 2 rings (SSSR count). The van der Waals surface area contributed by atoms with Gasteiger partial charge >= 0.3 is 0 Å². The zero-order chi connectivity index (χ0) is 17.2. The van der Waals surface area contributed by atoms with Crippen LogP contribution >= 0.6 is 23.5 Å². The van der Waals surface area contributed by atoms with Crippen LogP contribution in [0.2, 0.25) is 0 Å². The normalized spacial score (nSPS) is 10.6. The van der Waals surface area contributed by atoms with E-state index in [2.05, 4.69) is 19.9 Å². The zero-order valence-corrected chi connectivity index (χ0v) is 13.7. The van der Waals surface area contributed by atoms with E-state index >= 15 is 0 Å². The number of thioether (sulfide) groups is 2. The number of allylic oxidation sites excluding steroid dienone is 2. The fourth-order valence-electron chi connectivity index (χ4n) is 1.47. The monoisotopic (exact) mass is 352 g/mol. The average molecular weight is 352 g/mol. The van der Waals surface area contributed by atoms with Crippen LogP contribution in [-0.2, 0) is 4.79 Å². The van der Waals surface area contributed by atoms with Crippen LogP contribution in [0.15, 0.2) is 46.9 Å². The Bertz CT molecular complexity index is 811. The minimum absolute atomic E-state index is 0.273. The molecule has 0 atom stereocenters. The van der Waals surface area contributed by atoms with Crippen molar-refractivity contribution in [2.24, 2.45) is 0 Å². The molecule has 2 heterocycles. The third-order valence-corrected chi connectivity index (χ3v) is 3.48. The van der Waals surface area contributed by atoms with Crippen molar-refractivity contribution in [2.45, 2.75) is 10.1 Å². The summed E-state index contributed by atoms with van der Waals surface area (Å²) in [7, 11) is 0. The lowest BCUT2D eigenvalue weighted by molar-refractivity contribution is -0.110. The predicted molar refractivity (Wildman–Crippen MR) is 90.1 cm³/mol. The minimum atomic E-state index is -0.273. The quantitative estimate of drug-likeness (QED) is 0.335. The van der Waals surface area contributed by atoms with E-state index in [9.17, 15) is 4.79 Å². The van der Waals surface area contributed by atoms with Crippen molar-refractivity contribution in [1.82, 2.24) is 19.9 Å². The number of aromatic nitrogens is 4. The van der Waals surface area contributed by atoms with Crippen molar-refractivity contribution in [2.75, 3.05) is 0 Å². The number of carbonyl (C=O) groups excluding carboxylic acids is 1. The van der Waals surface area contributed by atoms with E-state index in [0.29, 0.717) is 21.6 Å². The third-order valence-electron chi connectivity index (χ3n) is 2.43. The molecular formula is C15H8N6OS2. The molecule has 9 heteroatoms. The van der Waals surface area contributed by atoms with Crippen LogP contribution in [0.1, 0.15) is 11.5 Å². The van der Waals surface area contributed by atoms with E-state index in [1.807, 2.05) is 10.8 Å². The molecule has 0 fully saturated rings. The van der Waals surface area contributed by atoms with Gasteiger partial charge in [-0.2, -0.15) is 10.5 Å². The highest BCUT2D eigenvalue weighted by Gasteiger charge is 1.99. The van der Waals surface area contributed by atoms with Crippen LogP contribution in [-0.4, -0.2) is 25.7 Å². The van der Waals surface area contributed by atoms with Gasteiger partial charge in [-0.05, 0) is 36.4 Å². The number of nitriles is 2. The molecule has 0 aliphatic rings. The van der Waals surface area contributed by atoms with E-state index in [1.165, 1.54) is 36.8 Å². The molecule has 0 saturated carbocycles. The lowest BCUT2D eigenvalue weighted by Gasteiger charge is -1.95. The molecule has 24 heavy (non-hydrogen) atoms. The maximum Gasteiger partial charge on any atom is 0.178 e. The predicted octanol–water partition coefficient (Wildman–Crippen LogP) is 2.71. The first-order chi connectivity index (χ1) is 11.7. The number of carbonyl (C=O) groups is 1. The lowest BCUT2D eigenvalue weighted by atomic mass is 10.3. The molecule has 0 bridgehead atoms. The first-order valence-corrected chi connectivity index (χ1v) is 8.01. The Balaban J connectivity index is 2.02. The smallest absolute Gasteiger partial charge is 0.178 e. The van der Waals surface area contributed by atoms with Crippen molar-refractivity contribution >= 4 is 41.5 Å². The highest BCUT2D eigenvalue weighted by molar-refractivity contribution is 8.03. The second-order valence-corrected chi connectivity index (χ2v) is 5.60. The number of thiocyanates is 2. The van der Waals surface area contributed by atoms with Gasteiger partial charge in [0.25, 0.3) is 0 Å². The highest BCUT2D eigenvalue weighted by Crippen LogP contribution is 2.14. The Morgan fingerprint density at radius 1 is 1.04 bits per heavy atom. The van der Waals surface area contributed by atoms with Crippen LogP contribution in [0.4, 0.5) is 0 Å². The SMILES string of the molecule is N#CSc1cc(C=CC(=O)C=Cc2nccc(SC#N)n2)ncn1. The lowest BCUT2D eigenvalue weighted by Crippen LogP contribution is -1.91. The van der Waals surface area contributed by atoms with Crippen molar-refractivity contribution in [3.8, 4) is 10.8 Å². The van der Waals surface area contributed by atoms with E-state index < -0.39 is 0 Å². The van der Waals surface area contributed by atoms with E-state index in [4.69, 9.17) is 10.5 Å². The molecule has 2 aromatic rings. The first-order valence-electron chi connectivity index (χ1n) is 6.38. The Morgan fingerprint density at radius 2 is 1.79 bits per heavy atom. The molecule has 0 aromatic carbocycles. The number of rotatable bonds is 6. The van der Waals surface area contributed by atoms with Gasteiger partial charge in [-0.15, -0.1) is 0 Å². The van der Waals surface area contributed by atoms with Crippen LogP contribution < -0.4 is 0 Å². The molecule has 0 radical (unpaired) electrons. The Kier molecular flexibility index (Phi) is 6.65. The summed E-state index contributed by atoms with van der Waals surface area (Å²) in [5.74, 6) is 0.0665. The van der Waals surface area contributed by atoms with Gasteiger partial charge in [0, 0.05) is 29.7 Å². The van der Waals surface area contributed by atoms with Crippen molar-refractivity contribution in [3.05, 3.63) is 48.3 Å². The summed E-state index contributed by atoms with van der Waals surface area (Å²) in [6, 6.07) is 3.21. The third kappa shape index (κ3) is 5.65. The fraction of sp³-hybridized carbons (Fsp3) is 0. The van der Waals surface area contributed by atoms with Crippen LogP contribution in [0, 0.1) is 21.3 Å². The van der Waals surface area contributed by atoms with Crippen LogP contribution in [0.3, 0.4) is 0 Å². The average Bonchev–Trinajstić information content (AvgIpc) is 2.59. The molecule has 116 valence electrons. The van der Waals surface area contributed by atoms with Gasteiger partial charge in [0.1, 0.15) is 27.2 Å². The molecular weight excluding hydrogens is 344 g/mol. The molecule has 2 aromatic heterocycles. The first kappa shape index (κ1) is 17.3. The van der Waals surface area contributed by atoms with Crippen LogP contribution in [0.25, 0.3) is 12.2 Å². The second-order valence-electron chi connectivity index (χ2n) is 3.99. The summed E-state index contributed by atoms with van der Waals surface area (Å²) in [5.41, 5.74) is 0.521. The largest absolute Gasteiger partial charge is 0.290 e. The summed E-state index contributed by atoms with van der Waals surface area (Å²) < 4.78 is 0. The fourth-order valence-corrected chi connectivity index (χ4v) is 2.20.